The summed E-state index contributed by atoms with van der Waals surface area (Å²) in [5.74, 6) is 1.11. The highest BCUT2D eigenvalue weighted by atomic mass is 15.2. The minimum absolute atomic E-state index is 0.431. The number of fused-ring (bicyclic) bond motifs is 1. The summed E-state index contributed by atoms with van der Waals surface area (Å²) in [4.78, 5) is 8.94. The molecule has 0 radical (unpaired) electrons. The number of aromatic amines is 1. The van der Waals surface area contributed by atoms with Crippen molar-refractivity contribution in [1.82, 2.24) is 20.2 Å². The molecule has 0 aliphatic heterocycles. The van der Waals surface area contributed by atoms with Gasteiger partial charge in [0.1, 0.15) is 5.52 Å². The molecule has 3 heterocycles. The molecule has 4 N–H and O–H groups in total. The summed E-state index contributed by atoms with van der Waals surface area (Å²) in [6.07, 6.45) is 3.52. The van der Waals surface area contributed by atoms with Crippen LogP contribution < -0.4 is 11.1 Å². The third kappa shape index (κ3) is 2.34. The molecular weight excluding hydrogens is 300 g/mol. The maximum absolute atomic E-state index is 6.08. The van der Waals surface area contributed by atoms with E-state index in [0.29, 0.717) is 11.6 Å². The molecule has 0 spiro atoms. The smallest absolute Gasteiger partial charge is 0.156 e. The predicted molar refractivity (Wildman–Crippen MR) is 96.0 cm³/mol. The summed E-state index contributed by atoms with van der Waals surface area (Å²) >= 11 is 0. The van der Waals surface area contributed by atoms with Gasteiger partial charge in [0.25, 0.3) is 0 Å². The summed E-state index contributed by atoms with van der Waals surface area (Å²) < 4.78 is 0. The summed E-state index contributed by atoms with van der Waals surface area (Å²) in [7, 11) is 0. The molecule has 6 nitrogen and oxygen atoms in total. The number of nitrogen functional groups attached to an aromatic ring is 1. The van der Waals surface area contributed by atoms with E-state index in [4.69, 9.17) is 5.73 Å². The topological polar surface area (TPSA) is 92.5 Å². The van der Waals surface area contributed by atoms with Gasteiger partial charge in [-0.05, 0) is 30.7 Å². The van der Waals surface area contributed by atoms with Crippen molar-refractivity contribution in [2.75, 3.05) is 11.1 Å². The fourth-order valence-corrected chi connectivity index (χ4v) is 2.71. The summed E-state index contributed by atoms with van der Waals surface area (Å²) in [5, 5.41) is 11.3. The first kappa shape index (κ1) is 14.2. The van der Waals surface area contributed by atoms with Crippen LogP contribution in [0.2, 0.25) is 0 Å². The highest BCUT2D eigenvalue weighted by molar-refractivity contribution is 6.05. The first-order valence-corrected chi connectivity index (χ1v) is 7.60. The number of aryl methyl sites for hydroxylation is 1. The number of aromatic nitrogens is 4. The Bertz CT molecular complexity index is 1010. The molecule has 0 fully saturated rings. The Morgan fingerprint density at radius 1 is 1.04 bits per heavy atom. The number of hydrogen-bond donors (Lipinski definition) is 3. The Kier molecular flexibility index (Phi) is 3.35. The van der Waals surface area contributed by atoms with Crippen molar-refractivity contribution in [3.63, 3.8) is 0 Å². The first-order valence-electron chi connectivity index (χ1n) is 7.60. The molecule has 0 unspecified atom stereocenters. The Morgan fingerprint density at radius 3 is 2.67 bits per heavy atom. The number of nitrogens with two attached hydrogens (primary N) is 1. The number of nitrogens with zero attached hydrogens (tertiary/aromatic N) is 3. The molecular formula is C18H16N6. The second-order valence-electron chi connectivity index (χ2n) is 5.53. The number of anilines is 3. The van der Waals surface area contributed by atoms with Crippen LogP contribution in [0.25, 0.3) is 22.2 Å². The van der Waals surface area contributed by atoms with Crippen LogP contribution in [-0.2, 0) is 0 Å². The van der Waals surface area contributed by atoms with Gasteiger partial charge >= 0.3 is 0 Å². The quantitative estimate of drug-likeness (QED) is 0.536. The van der Waals surface area contributed by atoms with Gasteiger partial charge in [0, 0.05) is 23.6 Å². The van der Waals surface area contributed by atoms with Crippen molar-refractivity contribution >= 4 is 28.2 Å². The third-order valence-electron chi connectivity index (χ3n) is 3.96. The molecule has 0 saturated carbocycles. The van der Waals surface area contributed by atoms with E-state index in [1.807, 2.05) is 49.4 Å². The van der Waals surface area contributed by atoms with Crippen LogP contribution in [0.4, 0.5) is 17.3 Å². The van der Waals surface area contributed by atoms with Crippen molar-refractivity contribution in [2.45, 2.75) is 6.92 Å². The lowest BCUT2D eigenvalue weighted by Gasteiger charge is -2.11. The molecule has 0 amide bonds. The maximum atomic E-state index is 6.08. The number of rotatable bonds is 3. The zero-order chi connectivity index (χ0) is 16.5. The van der Waals surface area contributed by atoms with Gasteiger partial charge in [-0.2, -0.15) is 5.10 Å². The van der Waals surface area contributed by atoms with Gasteiger partial charge in [-0.1, -0.05) is 24.3 Å². The zero-order valence-electron chi connectivity index (χ0n) is 13.1. The maximum Gasteiger partial charge on any atom is 0.156 e. The largest absolute Gasteiger partial charge is 0.382 e. The van der Waals surface area contributed by atoms with Gasteiger partial charge < -0.3 is 11.1 Å². The van der Waals surface area contributed by atoms with E-state index >= 15 is 0 Å². The Morgan fingerprint density at radius 2 is 1.88 bits per heavy atom. The van der Waals surface area contributed by atoms with Crippen LogP contribution in [-0.4, -0.2) is 20.2 Å². The molecule has 4 aromatic rings. The standard InChI is InChI=1S/C18H16N6/c1-11-6-2-3-7-13(11)22-18-16-15(17(19)24-23-16)12(10-21-18)14-8-4-5-9-20-14/h2-10H,1H3,(H,21,22)(H3,19,23,24). The van der Waals surface area contributed by atoms with Crippen molar-refractivity contribution in [3.05, 3.63) is 60.4 Å². The number of nitrogens with one attached hydrogen (secondary N) is 2. The van der Waals surface area contributed by atoms with Crippen molar-refractivity contribution in [2.24, 2.45) is 0 Å². The minimum Gasteiger partial charge on any atom is -0.382 e. The highest BCUT2D eigenvalue weighted by Crippen LogP contribution is 2.34. The SMILES string of the molecule is Cc1ccccc1Nc1ncc(-c2ccccn2)c2c(N)n[nH]c12. The van der Waals surface area contributed by atoms with Crippen LogP contribution >= 0.6 is 0 Å². The van der Waals surface area contributed by atoms with Gasteiger partial charge in [-0.25, -0.2) is 4.98 Å². The van der Waals surface area contributed by atoms with E-state index in [1.54, 1.807) is 12.4 Å². The molecule has 1 aromatic carbocycles. The fraction of sp³-hybridized carbons (Fsp3) is 0.0556. The molecule has 0 atom stereocenters. The number of benzene rings is 1. The minimum atomic E-state index is 0.431. The zero-order valence-corrected chi connectivity index (χ0v) is 13.1. The van der Waals surface area contributed by atoms with Gasteiger partial charge in [-0.3, -0.25) is 10.1 Å². The molecule has 6 heteroatoms. The molecule has 118 valence electrons. The third-order valence-corrected chi connectivity index (χ3v) is 3.96. The average Bonchev–Trinajstić information content (AvgIpc) is 3.00. The van der Waals surface area contributed by atoms with Gasteiger partial charge in [-0.15, -0.1) is 0 Å². The first-order chi connectivity index (χ1) is 11.7. The number of pyridine rings is 2. The second-order valence-corrected chi connectivity index (χ2v) is 5.53. The Hall–Kier alpha value is -3.41. The summed E-state index contributed by atoms with van der Waals surface area (Å²) in [6.45, 7) is 2.04. The van der Waals surface area contributed by atoms with Gasteiger partial charge in [0.05, 0.1) is 11.1 Å². The average molecular weight is 316 g/mol. The molecule has 24 heavy (non-hydrogen) atoms. The summed E-state index contributed by atoms with van der Waals surface area (Å²) in [6, 6.07) is 13.8. The van der Waals surface area contributed by atoms with Crippen LogP contribution in [0.5, 0.6) is 0 Å². The van der Waals surface area contributed by atoms with E-state index in [1.165, 1.54) is 0 Å². The van der Waals surface area contributed by atoms with Crippen molar-refractivity contribution in [3.8, 4) is 11.3 Å². The monoisotopic (exact) mass is 316 g/mol. The second kappa shape index (κ2) is 5.66. The molecule has 3 aromatic heterocycles. The highest BCUT2D eigenvalue weighted by Gasteiger charge is 2.15. The van der Waals surface area contributed by atoms with E-state index in [2.05, 4.69) is 25.5 Å². The molecule has 0 bridgehead atoms. The van der Waals surface area contributed by atoms with Crippen molar-refractivity contribution in [1.29, 1.82) is 0 Å². The van der Waals surface area contributed by atoms with Crippen LogP contribution in [0.1, 0.15) is 5.56 Å². The normalized spacial score (nSPS) is 10.9. The number of H-pyrrole nitrogens is 1. The Labute approximate surface area is 138 Å². The van der Waals surface area contributed by atoms with Gasteiger partial charge in [0.2, 0.25) is 0 Å². The van der Waals surface area contributed by atoms with Crippen LogP contribution in [0.15, 0.2) is 54.9 Å². The van der Waals surface area contributed by atoms with Crippen LogP contribution in [0.3, 0.4) is 0 Å². The number of para-hydroxylation sites is 1. The Balaban J connectivity index is 1.87. The van der Waals surface area contributed by atoms with E-state index in [0.717, 1.165) is 33.4 Å². The fourth-order valence-electron chi connectivity index (χ4n) is 2.71. The molecule has 0 saturated heterocycles. The lowest BCUT2D eigenvalue weighted by atomic mass is 10.1. The molecule has 0 aliphatic rings. The van der Waals surface area contributed by atoms with E-state index in [9.17, 15) is 0 Å². The van der Waals surface area contributed by atoms with Crippen LogP contribution in [0, 0.1) is 6.92 Å². The molecule has 4 rings (SSSR count). The van der Waals surface area contributed by atoms with Gasteiger partial charge in [0.15, 0.2) is 11.6 Å². The molecule has 0 aliphatic carbocycles. The lowest BCUT2D eigenvalue weighted by molar-refractivity contribution is 1.12. The number of hydrogen-bond acceptors (Lipinski definition) is 5. The summed E-state index contributed by atoms with van der Waals surface area (Å²) in [5.41, 5.74) is 10.6. The van der Waals surface area contributed by atoms with E-state index < -0.39 is 0 Å². The lowest BCUT2D eigenvalue weighted by Crippen LogP contribution is -1.98. The van der Waals surface area contributed by atoms with Crippen molar-refractivity contribution < 1.29 is 0 Å². The van der Waals surface area contributed by atoms with E-state index in [-0.39, 0.29) is 0 Å². The predicted octanol–water partition coefficient (Wildman–Crippen LogP) is 3.65.